The lowest BCUT2D eigenvalue weighted by molar-refractivity contribution is 0.476. The summed E-state index contributed by atoms with van der Waals surface area (Å²) >= 11 is 5.92. The lowest BCUT2D eigenvalue weighted by Gasteiger charge is -2.11. The molecule has 3 heterocycles. The van der Waals surface area contributed by atoms with Crippen molar-refractivity contribution >= 4 is 22.8 Å². The molecule has 0 amide bonds. The minimum Gasteiger partial charge on any atom is -0.323 e. The van der Waals surface area contributed by atoms with E-state index in [4.69, 9.17) is 11.6 Å². The molecule has 0 spiro atoms. The second-order valence-electron chi connectivity index (χ2n) is 7.06. The van der Waals surface area contributed by atoms with E-state index in [0.29, 0.717) is 37.3 Å². The smallest absolute Gasteiger partial charge is 0.323 e. The number of aromatic nitrogens is 8. The van der Waals surface area contributed by atoms with E-state index in [0.717, 1.165) is 4.57 Å². The number of nitrogens with one attached hydrogen (secondary N) is 1. The van der Waals surface area contributed by atoms with Gasteiger partial charge in [0.05, 0.1) is 0 Å². The van der Waals surface area contributed by atoms with Crippen molar-refractivity contribution < 1.29 is 4.39 Å². The number of aryl methyl sites for hydroxylation is 2. The Balaban J connectivity index is 1.55. The number of fused-ring (bicyclic) bond motifs is 1. The number of halogens is 2. The van der Waals surface area contributed by atoms with Crippen LogP contribution < -0.4 is 11.2 Å². The fourth-order valence-electron chi connectivity index (χ4n) is 3.48. The zero-order valence-corrected chi connectivity index (χ0v) is 17.5. The second kappa shape index (κ2) is 8.80. The van der Waals surface area contributed by atoms with E-state index in [1.54, 1.807) is 22.9 Å². The van der Waals surface area contributed by atoms with Crippen LogP contribution in [-0.2, 0) is 26.1 Å². The van der Waals surface area contributed by atoms with Gasteiger partial charge < -0.3 is 4.98 Å². The van der Waals surface area contributed by atoms with Crippen molar-refractivity contribution in [2.75, 3.05) is 0 Å². The summed E-state index contributed by atoms with van der Waals surface area (Å²) in [6, 6.07) is 6.43. The Labute approximate surface area is 180 Å². The average Bonchev–Trinajstić information content (AvgIpc) is 3.36. The van der Waals surface area contributed by atoms with E-state index in [-0.39, 0.29) is 35.2 Å². The lowest BCUT2D eigenvalue weighted by atomic mass is 10.1. The molecule has 10 nitrogen and oxygen atoms in total. The van der Waals surface area contributed by atoms with Crippen molar-refractivity contribution in [2.45, 2.75) is 45.8 Å². The molecule has 0 atom stereocenters. The molecule has 0 saturated carbocycles. The van der Waals surface area contributed by atoms with Crippen molar-refractivity contribution in [3.63, 3.8) is 0 Å². The first-order valence-corrected chi connectivity index (χ1v) is 10.2. The summed E-state index contributed by atoms with van der Waals surface area (Å²) in [7, 11) is 0. The number of rotatable bonds is 8. The summed E-state index contributed by atoms with van der Waals surface area (Å²) < 4.78 is 18.1. The largest absolute Gasteiger partial charge is 0.332 e. The van der Waals surface area contributed by atoms with E-state index >= 15 is 0 Å². The molecule has 31 heavy (non-hydrogen) atoms. The van der Waals surface area contributed by atoms with E-state index in [2.05, 4.69) is 25.5 Å². The fourth-order valence-corrected chi connectivity index (χ4v) is 3.65. The Bertz CT molecular complexity index is 1340. The minimum absolute atomic E-state index is 0.0561. The number of benzene rings is 1. The summed E-state index contributed by atoms with van der Waals surface area (Å²) in [6.07, 6.45) is 1.35. The molecule has 4 aromatic rings. The molecule has 0 aliphatic carbocycles. The maximum absolute atomic E-state index is 13.9. The van der Waals surface area contributed by atoms with E-state index in [1.165, 1.54) is 10.6 Å². The van der Waals surface area contributed by atoms with Gasteiger partial charge in [0.2, 0.25) is 5.28 Å². The van der Waals surface area contributed by atoms with Gasteiger partial charge >= 0.3 is 5.69 Å². The molecule has 0 bridgehead atoms. The Morgan fingerprint density at radius 1 is 1.13 bits per heavy atom. The van der Waals surface area contributed by atoms with Gasteiger partial charge in [-0.05, 0) is 46.5 Å². The molecule has 0 unspecified atom stereocenters. The van der Waals surface area contributed by atoms with E-state index in [1.807, 2.05) is 6.92 Å². The molecule has 1 aromatic carbocycles. The van der Waals surface area contributed by atoms with Crippen LogP contribution in [0.1, 0.15) is 31.2 Å². The van der Waals surface area contributed by atoms with Crippen LogP contribution in [0.5, 0.6) is 0 Å². The maximum Gasteiger partial charge on any atom is 0.332 e. The number of hydrogen-bond donors (Lipinski definition) is 1. The highest BCUT2D eigenvalue weighted by Gasteiger charge is 2.17. The Kier molecular flexibility index (Phi) is 5.94. The maximum atomic E-state index is 13.9. The Morgan fingerprint density at radius 2 is 1.94 bits per heavy atom. The molecule has 3 aromatic heterocycles. The monoisotopic (exact) mass is 446 g/mol. The third kappa shape index (κ3) is 4.13. The molecule has 4 rings (SSSR count). The molecule has 0 radical (unpaired) electrons. The van der Waals surface area contributed by atoms with Crippen LogP contribution in [0.25, 0.3) is 11.2 Å². The number of nitrogens with zero attached hydrogens (tertiary/aromatic N) is 7. The van der Waals surface area contributed by atoms with Crippen LogP contribution in [-0.4, -0.2) is 39.3 Å². The predicted octanol–water partition coefficient (Wildman–Crippen LogP) is 1.76. The average molecular weight is 447 g/mol. The van der Waals surface area contributed by atoms with Crippen molar-refractivity contribution in [3.8, 4) is 0 Å². The van der Waals surface area contributed by atoms with Gasteiger partial charge in [-0.3, -0.25) is 13.9 Å². The predicted molar refractivity (Wildman–Crippen MR) is 112 cm³/mol. The number of aromatic amines is 1. The first-order valence-electron chi connectivity index (χ1n) is 9.87. The van der Waals surface area contributed by atoms with Gasteiger partial charge in [0, 0.05) is 26.1 Å². The number of tetrazole rings is 1. The summed E-state index contributed by atoms with van der Waals surface area (Å²) in [5.41, 5.74) is 0.0196. The summed E-state index contributed by atoms with van der Waals surface area (Å²) in [5, 5.41) is 11.6. The van der Waals surface area contributed by atoms with Crippen molar-refractivity contribution in [3.05, 3.63) is 67.6 Å². The Morgan fingerprint density at radius 3 is 2.71 bits per heavy atom. The first kappa shape index (κ1) is 20.9. The molecule has 0 fully saturated rings. The third-order valence-electron chi connectivity index (χ3n) is 4.94. The van der Waals surface area contributed by atoms with Crippen molar-refractivity contribution in [2.24, 2.45) is 0 Å². The van der Waals surface area contributed by atoms with Gasteiger partial charge in [0.15, 0.2) is 17.0 Å². The summed E-state index contributed by atoms with van der Waals surface area (Å²) in [4.78, 5) is 32.5. The van der Waals surface area contributed by atoms with Crippen LogP contribution in [0, 0.1) is 5.82 Å². The lowest BCUT2D eigenvalue weighted by Crippen LogP contribution is -2.40. The van der Waals surface area contributed by atoms with Crippen LogP contribution in [0.15, 0.2) is 33.9 Å². The van der Waals surface area contributed by atoms with Gasteiger partial charge in [-0.25, -0.2) is 13.9 Å². The van der Waals surface area contributed by atoms with Gasteiger partial charge in [-0.1, -0.05) is 25.1 Å². The highest BCUT2D eigenvalue weighted by Crippen LogP contribution is 2.12. The highest BCUT2D eigenvalue weighted by atomic mass is 35.5. The number of imidazole rings is 1. The quantitative estimate of drug-likeness (QED) is 0.412. The van der Waals surface area contributed by atoms with Gasteiger partial charge in [-0.2, -0.15) is 4.98 Å². The molecular weight excluding hydrogens is 427 g/mol. The molecular formula is C19H20ClFN8O2. The standard InChI is InChI=1S/C19H20ClFN8O2/c1-2-8-27-16-15(22-18(20)23-16)17(30)28(19(27)31)9-5-10-29-14(24-25-26-29)11-12-6-3-4-7-13(12)21/h3-4,6-7H,2,5,8-11H2,1H3,(H,22,23). The number of hydrogen-bond acceptors (Lipinski definition) is 6. The number of H-pyrrole nitrogens is 1. The van der Waals surface area contributed by atoms with Gasteiger partial charge in [0.25, 0.3) is 5.56 Å². The first-order chi connectivity index (χ1) is 15.0. The minimum atomic E-state index is -0.477. The summed E-state index contributed by atoms with van der Waals surface area (Å²) in [5.74, 6) is 0.170. The van der Waals surface area contributed by atoms with Crippen LogP contribution >= 0.6 is 11.6 Å². The SMILES string of the molecule is CCCn1c(=O)n(CCCn2nnnc2Cc2ccccc2F)c(=O)c2[nH]c(Cl)nc21. The Hall–Kier alpha value is -3.34. The molecule has 0 aliphatic heterocycles. The second-order valence-corrected chi connectivity index (χ2v) is 7.42. The van der Waals surface area contributed by atoms with Crippen molar-refractivity contribution in [1.82, 2.24) is 39.3 Å². The van der Waals surface area contributed by atoms with Crippen LogP contribution in [0.2, 0.25) is 5.28 Å². The van der Waals surface area contributed by atoms with E-state index in [9.17, 15) is 14.0 Å². The topological polar surface area (TPSA) is 116 Å². The molecule has 0 aliphatic rings. The zero-order valence-electron chi connectivity index (χ0n) is 16.8. The van der Waals surface area contributed by atoms with E-state index < -0.39 is 11.2 Å². The summed E-state index contributed by atoms with van der Waals surface area (Å²) in [6.45, 7) is 2.86. The van der Waals surface area contributed by atoms with Gasteiger partial charge in [-0.15, -0.1) is 5.10 Å². The molecule has 12 heteroatoms. The zero-order chi connectivity index (χ0) is 22.0. The van der Waals surface area contributed by atoms with Gasteiger partial charge in [0.1, 0.15) is 5.82 Å². The molecule has 0 saturated heterocycles. The van der Waals surface area contributed by atoms with Crippen LogP contribution in [0.4, 0.5) is 4.39 Å². The highest BCUT2D eigenvalue weighted by molar-refractivity contribution is 6.28. The molecule has 162 valence electrons. The third-order valence-corrected chi connectivity index (χ3v) is 5.12. The van der Waals surface area contributed by atoms with Crippen LogP contribution in [0.3, 0.4) is 0 Å². The fraction of sp³-hybridized carbons (Fsp3) is 0.368. The molecule has 1 N–H and O–H groups in total. The van der Waals surface area contributed by atoms with Crippen molar-refractivity contribution in [1.29, 1.82) is 0 Å². The normalized spacial score (nSPS) is 11.5.